The van der Waals surface area contributed by atoms with Crippen molar-refractivity contribution in [1.29, 1.82) is 0 Å². The van der Waals surface area contributed by atoms with Crippen molar-refractivity contribution in [2.45, 2.75) is 83.0 Å². The number of ketones is 1. The van der Waals surface area contributed by atoms with Gasteiger partial charge in [-0.2, -0.15) is 0 Å². The van der Waals surface area contributed by atoms with Crippen LogP contribution in [0.1, 0.15) is 78.1 Å². The van der Waals surface area contributed by atoms with E-state index in [0.29, 0.717) is 6.42 Å². The number of hydrogen-bond acceptors (Lipinski definition) is 6. The number of aliphatic hydroxyl groups is 1. The van der Waals surface area contributed by atoms with E-state index in [1.807, 2.05) is 0 Å². The van der Waals surface area contributed by atoms with Gasteiger partial charge in [0.05, 0.1) is 6.61 Å². The predicted octanol–water partition coefficient (Wildman–Crippen LogP) is -0.249. The SMILES string of the molecule is CCCCCCCCCCCC(=O)C(CO)(OCC)S(=O)(=O)[O-].[Na+]. The fraction of sp³-hybridized carbons (Fsp3) is 0.938. The number of aliphatic hydroxyl groups excluding tert-OH is 1. The molecule has 0 rings (SSSR count). The van der Waals surface area contributed by atoms with Crippen molar-refractivity contribution >= 4 is 15.9 Å². The molecule has 0 bridgehead atoms. The van der Waals surface area contributed by atoms with Gasteiger partial charge in [0.15, 0.2) is 5.78 Å². The maximum atomic E-state index is 12.1. The van der Waals surface area contributed by atoms with Gasteiger partial charge in [-0.25, -0.2) is 8.42 Å². The van der Waals surface area contributed by atoms with Gasteiger partial charge in [-0.05, 0) is 13.3 Å². The standard InChI is InChI=1S/C16H32O6S.Na/c1-3-5-6-7-8-9-10-11-12-13-15(18)16(14-17,22-4-2)23(19,20)21;/h17H,3-14H2,1-2H3,(H,19,20,21);/q;+1/p-1. The molecule has 0 radical (unpaired) electrons. The molecule has 0 fully saturated rings. The summed E-state index contributed by atoms with van der Waals surface area (Å²) < 4.78 is 38.8. The molecule has 6 nitrogen and oxygen atoms in total. The molecule has 0 aliphatic heterocycles. The summed E-state index contributed by atoms with van der Waals surface area (Å²) in [4.78, 5) is 9.44. The van der Waals surface area contributed by atoms with E-state index in [2.05, 4.69) is 6.92 Å². The predicted molar refractivity (Wildman–Crippen MR) is 88.0 cm³/mol. The third-order valence-electron chi connectivity index (χ3n) is 3.92. The number of Topliss-reactive ketones (excluding diaryl/α,β-unsaturated/α-hetero) is 1. The summed E-state index contributed by atoms with van der Waals surface area (Å²) in [6.45, 7) is 2.38. The first kappa shape index (κ1) is 26.7. The Hall–Kier alpha value is 0.500. The molecule has 0 aliphatic rings. The minimum Gasteiger partial charge on any atom is -0.745 e. The van der Waals surface area contributed by atoms with E-state index in [1.165, 1.54) is 39.0 Å². The normalized spacial score (nSPS) is 14.0. The molecule has 0 saturated carbocycles. The quantitative estimate of drug-likeness (QED) is 0.241. The van der Waals surface area contributed by atoms with Crippen LogP contribution >= 0.6 is 0 Å². The fourth-order valence-electron chi connectivity index (χ4n) is 2.52. The summed E-state index contributed by atoms with van der Waals surface area (Å²) in [5.74, 6) is -0.847. The molecule has 0 amide bonds. The molecule has 1 N–H and O–H groups in total. The largest absolute Gasteiger partial charge is 1.00 e. The van der Waals surface area contributed by atoms with E-state index >= 15 is 0 Å². The van der Waals surface area contributed by atoms with Crippen molar-refractivity contribution in [3.8, 4) is 0 Å². The molecule has 0 aromatic carbocycles. The van der Waals surface area contributed by atoms with E-state index in [-0.39, 0.29) is 42.6 Å². The smallest absolute Gasteiger partial charge is 0.745 e. The molecule has 0 aromatic rings. The average Bonchev–Trinajstić information content (AvgIpc) is 2.49. The molecule has 0 aliphatic carbocycles. The number of ether oxygens (including phenoxy) is 1. The zero-order valence-electron chi connectivity index (χ0n) is 15.4. The Morgan fingerprint density at radius 1 is 1.00 bits per heavy atom. The Bertz CT molecular complexity index is 426. The second-order valence-corrected chi connectivity index (χ2v) is 7.37. The van der Waals surface area contributed by atoms with Gasteiger partial charge in [-0.15, -0.1) is 0 Å². The number of carbonyl (C=O) groups excluding carboxylic acids is 1. The molecule has 0 heterocycles. The van der Waals surface area contributed by atoms with Crippen molar-refractivity contribution in [3.63, 3.8) is 0 Å². The van der Waals surface area contributed by atoms with Crippen LogP contribution in [-0.2, 0) is 19.6 Å². The summed E-state index contributed by atoms with van der Waals surface area (Å²) in [5.41, 5.74) is 0. The summed E-state index contributed by atoms with van der Waals surface area (Å²) in [5, 5.41) is 9.23. The first-order valence-electron chi connectivity index (χ1n) is 8.59. The van der Waals surface area contributed by atoms with Crippen LogP contribution < -0.4 is 29.6 Å². The molecule has 24 heavy (non-hydrogen) atoms. The van der Waals surface area contributed by atoms with Gasteiger partial charge >= 0.3 is 29.6 Å². The zero-order valence-corrected chi connectivity index (χ0v) is 18.2. The maximum absolute atomic E-state index is 12.1. The van der Waals surface area contributed by atoms with E-state index in [1.54, 1.807) is 0 Å². The van der Waals surface area contributed by atoms with E-state index in [0.717, 1.165) is 19.3 Å². The van der Waals surface area contributed by atoms with Gasteiger partial charge < -0.3 is 14.4 Å². The van der Waals surface area contributed by atoms with Crippen molar-refractivity contribution < 1.29 is 57.2 Å². The van der Waals surface area contributed by atoms with Crippen LogP contribution in [0.15, 0.2) is 0 Å². The van der Waals surface area contributed by atoms with Crippen LogP contribution in [0, 0.1) is 0 Å². The molecule has 1 unspecified atom stereocenters. The molecule has 0 spiro atoms. The van der Waals surface area contributed by atoms with Gasteiger partial charge in [0.25, 0.3) is 0 Å². The van der Waals surface area contributed by atoms with Gasteiger partial charge in [-0.1, -0.05) is 58.3 Å². The van der Waals surface area contributed by atoms with Crippen molar-refractivity contribution in [3.05, 3.63) is 0 Å². The zero-order chi connectivity index (χ0) is 17.8. The topological polar surface area (TPSA) is 104 Å². The Morgan fingerprint density at radius 3 is 1.83 bits per heavy atom. The Morgan fingerprint density at radius 2 is 1.46 bits per heavy atom. The van der Waals surface area contributed by atoms with E-state index < -0.39 is 27.4 Å². The number of hydrogen-bond donors (Lipinski definition) is 1. The number of unbranched alkanes of at least 4 members (excludes halogenated alkanes) is 8. The van der Waals surface area contributed by atoms with Crippen molar-refractivity contribution in [2.75, 3.05) is 13.2 Å². The van der Waals surface area contributed by atoms with Gasteiger partial charge in [-0.3, -0.25) is 4.79 Å². The van der Waals surface area contributed by atoms with Crippen LogP contribution in [-0.4, -0.2) is 42.0 Å². The van der Waals surface area contributed by atoms with Gasteiger partial charge in [0, 0.05) is 13.0 Å². The van der Waals surface area contributed by atoms with Crippen LogP contribution in [0.25, 0.3) is 0 Å². The Labute approximate surface area is 168 Å². The summed E-state index contributed by atoms with van der Waals surface area (Å²) in [6, 6.07) is 0. The minimum absolute atomic E-state index is 0. The Balaban J connectivity index is 0. The second-order valence-electron chi connectivity index (χ2n) is 5.80. The third kappa shape index (κ3) is 9.27. The van der Waals surface area contributed by atoms with Crippen molar-refractivity contribution in [2.24, 2.45) is 0 Å². The van der Waals surface area contributed by atoms with Gasteiger partial charge in [0.1, 0.15) is 10.1 Å². The molecule has 0 saturated heterocycles. The molecular weight excluding hydrogens is 343 g/mol. The van der Waals surface area contributed by atoms with Crippen molar-refractivity contribution in [1.82, 2.24) is 0 Å². The minimum atomic E-state index is -5.07. The average molecular weight is 374 g/mol. The molecule has 0 aromatic heterocycles. The van der Waals surface area contributed by atoms with Gasteiger partial charge in [0.2, 0.25) is 4.93 Å². The number of rotatable bonds is 15. The van der Waals surface area contributed by atoms with Crippen LogP contribution in [0.5, 0.6) is 0 Å². The summed E-state index contributed by atoms with van der Waals surface area (Å²) in [6.07, 6.45) is 9.42. The third-order valence-corrected chi connectivity index (χ3v) is 5.20. The van der Waals surface area contributed by atoms with Crippen LogP contribution in [0.4, 0.5) is 0 Å². The summed E-state index contributed by atoms with van der Waals surface area (Å²) >= 11 is 0. The molecule has 138 valence electrons. The molecule has 1 atom stereocenters. The maximum Gasteiger partial charge on any atom is 1.00 e. The Kier molecular flexibility index (Phi) is 16.3. The molecule has 8 heteroatoms. The first-order chi connectivity index (χ1) is 10.9. The fourth-order valence-corrected chi connectivity index (χ4v) is 3.33. The first-order valence-corrected chi connectivity index (χ1v) is 10.00. The van der Waals surface area contributed by atoms with E-state index in [9.17, 15) is 22.9 Å². The summed E-state index contributed by atoms with van der Waals surface area (Å²) in [7, 11) is -5.07. The van der Waals surface area contributed by atoms with Crippen LogP contribution in [0.3, 0.4) is 0 Å². The monoisotopic (exact) mass is 374 g/mol. The molecular formula is C16H31NaO6S. The second kappa shape index (κ2) is 14.6. The van der Waals surface area contributed by atoms with E-state index in [4.69, 9.17) is 4.74 Å². The number of carbonyl (C=O) groups is 1. The van der Waals surface area contributed by atoms with Crippen LogP contribution in [0.2, 0.25) is 0 Å².